The summed E-state index contributed by atoms with van der Waals surface area (Å²) in [7, 11) is 3.73. The minimum absolute atomic E-state index is 0.126. The highest BCUT2D eigenvalue weighted by molar-refractivity contribution is 7.24. The average molecular weight is 416 g/mol. The van der Waals surface area contributed by atoms with Crippen LogP contribution in [0.2, 0.25) is 0 Å². The predicted octanol–water partition coefficient (Wildman–Crippen LogP) is 4.88. The number of rotatable bonds is 1. The summed E-state index contributed by atoms with van der Waals surface area (Å²) in [5.74, 6) is 0.674. The van der Waals surface area contributed by atoms with E-state index in [4.69, 9.17) is 4.74 Å². The van der Waals surface area contributed by atoms with Crippen LogP contribution in [0.5, 0.6) is 11.5 Å². The van der Waals surface area contributed by atoms with Crippen LogP contribution in [-0.2, 0) is 12.8 Å². The summed E-state index contributed by atoms with van der Waals surface area (Å²) in [6.07, 6.45) is 1.66. The fourth-order valence-electron chi connectivity index (χ4n) is 5.28. The average Bonchev–Trinajstić information content (AvgIpc) is 2.76. The fraction of sp³-hybridized carbons (Fsp3) is 0.240. The van der Waals surface area contributed by atoms with Crippen molar-refractivity contribution in [2.24, 2.45) is 0 Å². The molecule has 1 aliphatic heterocycles. The highest BCUT2D eigenvalue weighted by Gasteiger charge is 2.36. The normalized spacial score (nSPS) is 17.7. The van der Waals surface area contributed by atoms with Crippen molar-refractivity contribution in [2.75, 3.05) is 20.7 Å². The molecule has 0 amide bonds. The predicted molar refractivity (Wildman–Crippen MR) is 122 cm³/mol. The Labute approximate surface area is 178 Å². The van der Waals surface area contributed by atoms with Gasteiger partial charge >= 0.3 is 0 Å². The first kappa shape index (κ1) is 17.9. The number of benzene rings is 3. The van der Waals surface area contributed by atoms with Gasteiger partial charge in [-0.2, -0.15) is 0 Å². The van der Waals surface area contributed by atoms with Gasteiger partial charge in [0.25, 0.3) is 0 Å². The molecule has 1 aromatic heterocycles. The molecule has 1 atom stereocenters. The topological polar surface area (TPSA) is 49.8 Å². The van der Waals surface area contributed by atoms with Crippen molar-refractivity contribution in [2.45, 2.75) is 18.9 Å². The molecule has 1 unspecified atom stereocenters. The van der Waals surface area contributed by atoms with Crippen LogP contribution in [0.15, 0.2) is 47.3 Å². The van der Waals surface area contributed by atoms with Gasteiger partial charge in [0.1, 0.15) is 0 Å². The van der Waals surface area contributed by atoms with Gasteiger partial charge in [-0.15, -0.1) is 11.3 Å². The minimum atomic E-state index is 0.126. The molecule has 0 fully saturated rings. The number of nitrogens with zero attached hydrogens (tertiary/aromatic N) is 1. The van der Waals surface area contributed by atoms with Crippen molar-refractivity contribution in [1.29, 1.82) is 0 Å². The van der Waals surface area contributed by atoms with Gasteiger partial charge in [0.2, 0.25) is 0 Å². The van der Waals surface area contributed by atoms with E-state index in [1.165, 1.54) is 5.56 Å². The maximum Gasteiger partial charge on any atom is 0.196 e. The van der Waals surface area contributed by atoms with Crippen molar-refractivity contribution >= 4 is 31.5 Å². The van der Waals surface area contributed by atoms with Crippen LogP contribution in [0, 0.1) is 0 Å². The lowest BCUT2D eigenvalue weighted by Gasteiger charge is -2.40. The van der Waals surface area contributed by atoms with Gasteiger partial charge in [0.15, 0.2) is 16.9 Å². The maximum absolute atomic E-state index is 13.5. The first-order chi connectivity index (χ1) is 14.6. The smallest absolute Gasteiger partial charge is 0.196 e. The number of hydrogen-bond donors (Lipinski definition) is 1. The van der Waals surface area contributed by atoms with E-state index < -0.39 is 0 Å². The molecular weight excluding hydrogens is 394 g/mol. The zero-order valence-electron chi connectivity index (χ0n) is 16.9. The molecular formula is C25H21NO3S. The van der Waals surface area contributed by atoms with Crippen LogP contribution in [0.1, 0.15) is 22.7 Å². The Morgan fingerprint density at radius 1 is 1.17 bits per heavy atom. The summed E-state index contributed by atoms with van der Waals surface area (Å²) < 4.78 is 7.39. The molecule has 4 nitrogen and oxygen atoms in total. The van der Waals surface area contributed by atoms with E-state index in [0.717, 1.165) is 61.8 Å². The van der Waals surface area contributed by atoms with Crippen LogP contribution in [-0.4, -0.2) is 30.7 Å². The van der Waals surface area contributed by atoms with E-state index in [2.05, 4.69) is 24.1 Å². The van der Waals surface area contributed by atoms with E-state index in [1.54, 1.807) is 18.4 Å². The summed E-state index contributed by atoms with van der Waals surface area (Å²) in [6, 6.07) is 14.1. The Morgan fingerprint density at radius 3 is 2.83 bits per heavy atom. The molecule has 2 aliphatic rings. The van der Waals surface area contributed by atoms with E-state index in [9.17, 15) is 9.90 Å². The number of phenols is 1. The zero-order valence-corrected chi connectivity index (χ0v) is 17.7. The molecule has 6 rings (SSSR count). The molecule has 0 radical (unpaired) electrons. The summed E-state index contributed by atoms with van der Waals surface area (Å²) >= 11 is 1.66. The van der Waals surface area contributed by atoms with Crippen molar-refractivity contribution in [3.63, 3.8) is 0 Å². The zero-order chi connectivity index (χ0) is 20.6. The third kappa shape index (κ3) is 2.27. The highest BCUT2D eigenvalue weighted by atomic mass is 32.1. The number of hydrogen-bond acceptors (Lipinski definition) is 5. The van der Waals surface area contributed by atoms with E-state index >= 15 is 0 Å². The van der Waals surface area contributed by atoms with Gasteiger partial charge in [0.05, 0.1) is 7.11 Å². The summed E-state index contributed by atoms with van der Waals surface area (Å²) in [5, 5.41) is 12.7. The Balaban J connectivity index is 1.80. The van der Waals surface area contributed by atoms with E-state index in [-0.39, 0.29) is 17.2 Å². The minimum Gasteiger partial charge on any atom is -0.504 e. The number of aromatic hydroxyl groups is 1. The first-order valence-electron chi connectivity index (χ1n) is 10.2. The first-order valence-corrected chi connectivity index (χ1v) is 11.0. The van der Waals surface area contributed by atoms with Gasteiger partial charge in [-0.1, -0.05) is 18.2 Å². The number of fused-ring (bicyclic) bond motifs is 5. The second kappa shape index (κ2) is 6.30. The summed E-state index contributed by atoms with van der Waals surface area (Å²) in [5.41, 5.74) is 5.50. The maximum atomic E-state index is 13.5. The molecule has 1 N–H and O–H groups in total. The third-order valence-electron chi connectivity index (χ3n) is 6.73. The van der Waals surface area contributed by atoms with Gasteiger partial charge in [0, 0.05) is 38.3 Å². The van der Waals surface area contributed by atoms with Gasteiger partial charge < -0.3 is 9.84 Å². The van der Waals surface area contributed by atoms with E-state index in [0.29, 0.717) is 5.75 Å². The molecule has 0 spiro atoms. The van der Waals surface area contributed by atoms with Crippen LogP contribution in [0.3, 0.4) is 0 Å². The van der Waals surface area contributed by atoms with Crippen LogP contribution in [0.25, 0.3) is 31.3 Å². The Hall–Kier alpha value is -2.89. The molecule has 3 aromatic carbocycles. The summed E-state index contributed by atoms with van der Waals surface area (Å²) in [6.45, 7) is 0.921. The van der Waals surface area contributed by atoms with Crippen LogP contribution < -0.4 is 10.2 Å². The van der Waals surface area contributed by atoms with Gasteiger partial charge in [-0.3, -0.25) is 9.69 Å². The second-order valence-electron chi connectivity index (χ2n) is 8.22. The third-order valence-corrected chi connectivity index (χ3v) is 7.84. The van der Waals surface area contributed by atoms with Crippen LogP contribution in [0.4, 0.5) is 0 Å². The highest BCUT2D eigenvalue weighted by Crippen LogP contribution is 2.52. The van der Waals surface area contributed by atoms with Gasteiger partial charge in [-0.05, 0) is 66.4 Å². The molecule has 0 saturated carbocycles. The molecule has 0 saturated heterocycles. The number of phenolic OH excluding ortho intramolecular Hbond substituents is 1. The summed E-state index contributed by atoms with van der Waals surface area (Å²) in [4.78, 5) is 15.9. The van der Waals surface area contributed by atoms with Crippen molar-refractivity contribution in [1.82, 2.24) is 4.90 Å². The molecule has 2 heterocycles. The molecule has 1 aliphatic carbocycles. The Kier molecular flexibility index (Phi) is 3.77. The molecule has 150 valence electrons. The number of methoxy groups -OCH3 is 1. The van der Waals surface area contributed by atoms with E-state index in [1.807, 2.05) is 30.3 Å². The lowest BCUT2D eigenvalue weighted by atomic mass is 9.76. The monoisotopic (exact) mass is 415 g/mol. The number of ether oxygens (including phenoxy) is 1. The van der Waals surface area contributed by atoms with Crippen molar-refractivity contribution in [3.05, 3.63) is 69.4 Å². The largest absolute Gasteiger partial charge is 0.504 e. The Bertz CT molecular complexity index is 1420. The lowest BCUT2D eigenvalue weighted by Crippen LogP contribution is -2.36. The van der Waals surface area contributed by atoms with Gasteiger partial charge in [-0.25, -0.2) is 0 Å². The number of likely N-dealkylation sites (N-methyl/N-ethyl adjacent to an activating group) is 1. The molecule has 0 bridgehead atoms. The molecule has 4 aromatic rings. The standard InChI is InChI=1S/C25H21NO3S/c1-26-10-9-15-22-16(21-13(11-17(22)26)7-8-18(29-2)25(21)28)12-20-23(15)24(27)14-5-3-4-6-19(14)30-20/h3-8,12,17,28H,9-11H2,1-2H3. The quantitative estimate of drug-likeness (QED) is 0.450. The molecule has 5 heteroatoms. The van der Waals surface area contributed by atoms with Crippen molar-refractivity contribution in [3.8, 4) is 22.6 Å². The fourth-order valence-corrected chi connectivity index (χ4v) is 6.43. The van der Waals surface area contributed by atoms with Crippen molar-refractivity contribution < 1.29 is 9.84 Å². The van der Waals surface area contributed by atoms with Crippen LogP contribution >= 0.6 is 11.3 Å². The second-order valence-corrected chi connectivity index (χ2v) is 9.30. The SMILES string of the molecule is COc1ccc2c(c1O)-c1cc3sc4ccccc4c(=O)c3c3c1C(C2)N(C)CC3. The lowest BCUT2D eigenvalue weighted by molar-refractivity contribution is 0.228. The Morgan fingerprint density at radius 2 is 2.00 bits per heavy atom. The molecule has 30 heavy (non-hydrogen) atoms.